The fourth-order valence-electron chi connectivity index (χ4n) is 2.31. The second kappa shape index (κ2) is 6.45. The van der Waals surface area contributed by atoms with E-state index < -0.39 is 0 Å². The monoisotopic (exact) mass is 395 g/mol. The first-order chi connectivity index (χ1) is 10.6. The van der Waals surface area contributed by atoms with Gasteiger partial charge in [0.2, 0.25) is 0 Å². The lowest BCUT2D eigenvalue weighted by Crippen LogP contribution is -1.95. The van der Waals surface area contributed by atoms with Crippen LogP contribution in [0.25, 0.3) is 10.9 Å². The molecule has 0 saturated carbocycles. The Bertz CT molecular complexity index is 834. The molecule has 1 aromatic heterocycles. The fourth-order valence-corrected chi connectivity index (χ4v) is 3.28. The maximum Gasteiger partial charge on any atom is 0.134 e. The highest BCUT2D eigenvalue weighted by atomic mass is 79.9. The van der Waals surface area contributed by atoms with Gasteiger partial charge in [0.25, 0.3) is 0 Å². The van der Waals surface area contributed by atoms with Crippen molar-refractivity contribution in [1.82, 2.24) is 4.98 Å². The number of ether oxygens (including phenoxy) is 1. The molecule has 3 aromatic rings. The molecule has 0 N–H and O–H groups in total. The van der Waals surface area contributed by atoms with E-state index in [1.54, 1.807) is 7.11 Å². The predicted octanol–water partition coefficient (Wildman–Crippen LogP) is 5.90. The van der Waals surface area contributed by atoms with Gasteiger partial charge in [0.1, 0.15) is 10.9 Å². The van der Waals surface area contributed by atoms with Gasteiger partial charge >= 0.3 is 0 Å². The van der Waals surface area contributed by atoms with Gasteiger partial charge in [-0.3, -0.25) is 0 Å². The Hall–Kier alpha value is -1.29. The molecule has 0 bridgehead atoms. The normalized spacial score (nSPS) is 10.9. The van der Waals surface area contributed by atoms with Crippen molar-refractivity contribution in [2.45, 2.75) is 6.42 Å². The average Bonchev–Trinajstić information content (AvgIpc) is 2.53. The Kier molecular flexibility index (Phi) is 4.57. The number of aromatic nitrogens is 1. The Morgan fingerprint density at radius 2 is 1.82 bits per heavy atom. The first-order valence-electron chi connectivity index (χ1n) is 6.64. The molecule has 3 rings (SSSR count). The topological polar surface area (TPSA) is 22.1 Å². The van der Waals surface area contributed by atoms with Crippen molar-refractivity contribution in [3.8, 4) is 5.75 Å². The van der Waals surface area contributed by atoms with Crippen LogP contribution < -0.4 is 4.74 Å². The van der Waals surface area contributed by atoms with Crippen LogP contribution in [0.5, 0.6) is 5.75 Å². The molecule has 1 heterocycles. The second-order valence-corrected chi connectivity index (χ2v) is 6.53. The van der Waals surface area contributed by atoms with Crippen LogP contribution in [0.15, 0.2) is 46.9 Å². The van der Waals surface area contributed by atoms with Crippen molar-refractivity contribution in [3.05, 3.63) is 68.2 Å². The van der Waals surface area contributed by atoms with E-state index in [4.69, 9.17) is 27.9 Å². The highest BCUT2D eigenvalue weighted by molar-refractivity contribution is 9.10. The Morgan fingerprint density at radius 1 is 1.09 bits per heavy atom. The van der Waals surface area contributed by atoms with Gasteiger partial charge in [0, 0.05) is 21.8 Å². The smallest absolute Gasteiger partial charge is 0.134 e. The van der Waals surface area contributed by atoms with E-state index >= 15 is 0 Å². The minimum atomic E-state index is 0.440. The number of halogens is 3. The van der Waals surface area contributed by atoms with Crippen molar-refractivity contribution in [3.63, 3.8) is 0 Å². The molecule has 0 atom stereocenters. The summed E-state index contributed by atoms with van der Waals surface area (Å²) in [7, 11) is 1.65. The maximum absolute atomic E-state index is 6.56. The minimum Gasteiger partial charge on any atom is -0.497 e. The molecule has 2 nitrogen and oxygen atoms in total. The molecule has 0 radical (unpaired) electrons. The number of fused-ring (bicyclic) bond motifs is 1. The van der Waals surface area contributed by atoms with Crippen molar-refractivity contribution < 1.29 is 4.74 Å². The SMILES string of the molecule is COc1ccc(Cc2c(Cl)nc3ccc(Br)cc3c2Cl)cc1. The summed E-state index contributed by atoms with van der Waals surface area (Å²) in [4.78, 5) is 4.44. The van der Waals surface area contributed by atoms with Crippen LogP contribution in [-0.4, -0.2) is 12.1 Å². The van der Waals surface area contributed by atoms with Crippen LogP contribution in [0.3, 0.4) is 0 Å². The van der Waals surface area contributed by atoms with Crippen molar-refractivity contribution in [2.24, 2.45) is 0 Å². The van der Waals surface area contributed by atoms with Crippen LogP contribution >= 0.6 is 39.1 Å². The van der Waals surface area contributed by atoms with E-state index in [-0.39, 0.29) is 0 Å². The molecule has 0 fully saturated rings. The molecular formula is C17H12BrCl2NO. The third kappa shape index (κ3) is 3.07. The van der Waals surface area contributed by atoms with Gasteiger partial charge in [-0.1, -0.05) is 51.3 Å². The third-order valence-electron chi connectivity index (χ3n) is 3.47. The Labute approximate surface area is 147 Å². The largest absolute Gasteiger partial charge is 0.497 e. The highest BCUT2D eigenvalue weighted by Crippen LogP contribution is 2.34. The summed E-state index contributed by atoms with van der Waals surface area (Å²) in [6, 6.07) is 13.6. The lowest BCUT2D eigenvalue weighted by Gasteiger charge is -2.10. The van der Waals surface area contributed by atoms with Crippen LogP contribution in [-0.2, 0) is 6.42 Å². The molecule has 2 aromatic carbocycles. The second-order valence-electron chi connectivity index (χ2n) is 4.88. The van der Waals surface area contributed by atoms with Gasteiger partial charge in [-0.2, -0.15) is 0 Å². The predicted molar refractivity (Wildman–Crippen MR) is 95.3 cm³/mol. The lowest BCUT2D eigenvalue weighted by atomic mass is 10.0. The molecule has 0 unspecified atom stereocenters. The molecule has 0 spiro atoms. The van der Waals surface area contributed by atoms with Crippen molar-refractivity contribution >= 4 is 50.0 Å². The number of hydrogen-bond acceptors (Lipinski definition) is 2. The van der Waals surface area contributed by atoms with E-state index in [0.717, 1.165) is 32.3 Å². The zero-order chi connectivity index (χ0) is 15.7. The first-order valence-corrected chi connectivity index (χ1v) is 8.19. The molecule has 22 heavy (non-hydrogen) atoms. The fraction of sp³-hybridized carbons (Fsp3) is 0.118. The summed E-state index contributed by atoms with van der Waals surface area (Å²) in [5.74, 6) is 0.821. The van der Waals surface area contributed by atoms with Gasteiger partial charge < -0.3 is 4.74 Å². The molecule has 0 aliphatic carbocycles. The number of pyridine rings is 1. The minimum absolute atomic E-state index is 0.440. The molecule has 0 saturated heterocycles. The lowest BCUT2D eigenvalue weighted by molar-refractivity contribution is 0.414. The van der Waals surface area contributed by atoms with Gasteiger partial charge in [-0.25, -0.2) is 4.98 Å². The van der Waals surface area contributed by atoms with E-state index in [1.165, 1.54) is 0 Å². The van der Waals surface area contributed by atoms with Crippen molar-refractivity contribution in [1.29, 1.82) is 0 Å². The van der Waals surface area contributed by atoms with Gasteiger partial charge in [-0.15, -0.1) is 0 Å². The first kappa shape index (κ1) is 15.6. The molecule has 0 aliphatic rings. The van der Waals surface area contributed by atoms with Crippen LogP contribution in [0.2, 0.25) is 10.2 Å². The molecule has 5 heteroatoms. The third-order valence-corrected chi connectivity index (χ3v) is 4.71. The summed E-state index contributed by atoms with van der Waals surface area (Å²) in [5, 5.41) is 1.98. The Balaban J connectivity index is 2.05. The molecule has 112 valence electrons. The summed E-state index contributed by atoms with van der Waals surface area (Å²) >= 11 is 16.3. The maximum atomic E-state index is 6.56. The number of rotatable bonds is 3. The standard InChI is InChI=1S/C17H12BrCl2NO/c1-22-12-5-2-10(3-6-12)8-14-16(19)13-9-11(18)4-7-15(13)21-17(14)20/h2-7,9H,8H2,1H3. The van der Waals surface area contributed by atoms with Crippen molar-refractivity contribution in [2.75, 3.05) is 7.11 Å². The summed E-state index contributed by atoms with van der Waals surface area (Å²) in [6.45, 7) is 0. The molecule has 0 aliphatic heterocycles. The van der Waals surface area contributed by atoms with E-state index in [0.29, 0.717) is 16.6 Å². The van der Waals surface area contributed by atoms with Crippen LogP contribution in [0.4, 0.5) is 0 Å². The quantitative estimate of drug-likeness (QED) is 0.514. The number of benzene rings is 2. The number of hydrogen-bond donors (Lipinski definition) is 0. The molecular weight excluding hydrogens is 385 g/mol. The van der Waals surface area contributed by atoms with Gasteiger partial charge in [0.15, 0.2) is 0 Å². The summed E-state index contributed by atoms with van der Waals surface area (Å²) < 4.78 is 6.13. The molecule has 0 amide bonds. The van der Waals surface area contributed by atoms with Gasteiger partial charge in [-0.05, 0) is 35.9 Å². The van der Waals surface area contributed by atoms with E-state index in [9.17, 15) is 0 Å². The summed E-state index contributed by atoms with van der Waals surface area (Å²) in [6.07, 6.45) is 0.622. The number of methoxy groups -OCH3 is 1. The Morgan fingerprint density at radius 3 is 2.50 bits per heavy atom. The number of nitrogens with zero attached hydrogens (tertiary/aromatic N) is 1. The summed E-state index contributed by atoms with van der Waals surface area (Å²) in [5.41, 5.74) is 2.72. The van der Waals surface area contributed by atoms with E-state index in [1.807, 2.05) is 42.5 Å². The van der Waals surface area contributed by atoms with Gasteiger partial charge in [0.05, 0.1) is 17.6 Å². The van der Waals surface area contributed by atoms with E-state index in [2.05, 4.69) is 20.9 Å². The average molecular weight is 397 g/mol. The zero-order valence-corrected chi connectivity index (χ0v) is 14.8. The highest BCUT2D eigenvalue weighted by Gasteiger charge is 2.13. The zero-order valence-electron chi connectivity index (χ0n) is 11.7. The van der Waals surface area contributed by atoms with Crippen LogP contribution in [0.1, 0.15) is 11.1 Å². The van der Waals surface area contributed by atoms with Crippen LogP contribution in [0, 0.1) is 0 Å².